The highest BCUT2D eigenvalue weighted by atomic mass is 79.9. The molecule has 0 bridgehead atoms. The second kappa shape index (κ2) is 5.01. The molecule has 1 aliphatic carbocycles. The summed E-state index contributed by atoms with van der Waals surface area (Å²) < 4.78 is 1.20. The highest BCUT2D eigenvalue weighted by molar-refractivity contribution is 9.10. The van der Waals surface area contributed by atoms with Crippen molar-refractivity contribution < 1.29 is 0 Å². The fraction of sp³-hybridized carbons (Fsp3) is 0.538. The van der Waals surface area contributed by atoms with Gasteiger partial charge in [0, 0.05) is 9.30 Å². The largest absolute Gasteiger partial charge is 0.0888 e. The van der Waals surface area contributed by atoms with E-state index in [4.69, 9.17) is 0 Å². The van der Waals surface area contributed by atoms with E-state index in [-0.39, 0.29) is 0 Å². The van der Waals surface area contributed by atoms with E-state index in [1.165, 1.54) is 41.3 Å². The van der Waals surface area contributed by atoms with Gasteiger partial charge in [0.2, 0.25) is 0 Å². The first-order chi connectivity index (χ1) is 7.16. The third kappa shape index (κ3) is 2.85. The Hall–Kier alpha value is 0.180. The molecule has 1 aromatic carbocycles. The van der Waals surface area contributed by atoms with Gasteiger partial charge >= 0.3 is 0 Å². The minimum atomic E-state index is 0.732. The van der Waals surface area contributed by atoms with Crippen LogP contribution in [0.15, 0.2) is 22.7 Å². The van der Waals surface area contributed by atoms with Gasteiger partial charge in [-0.15, -0.1) is 0 Å². The van der Waals surface area contributed by atoms with Crippen molar-refractivity contribution in [1.82, 2.24) is 0 Å². The van der Waals surface area contributed by atoms with Crippen LogP contribution in [0.3, 0.4) is 0 Å². The Balaban J connectivity index is 2.12. The molecule has 2 heteroatoms. The predicted molar refractivity (Wildman–Crippen MR) is 72.6 cm³/mol. The minimum absolute atomic E-state index is 0.732. The summed E-state index contributed by atoms with van der Waals surface area (Å²) in [4.78, 5) is 0.732. The van der Waals surface area contributed by atoms with Crippen molar-refractivity contribution in [1.29, 1.82) is 0 Å². The van der Waals surface area contributed by atoms with Crippen LogP contribution in [0.4, 0.5) is 0 Å². The van der Waals surface area contributed by atoms with Crippen molar-refractivity contribution in [3.05, 3.63) is 33.8 Å². The van der Waals surface area contributed by atoms with Crippen LogP contribution in [-0.2, 0) is 6.42 Å². The van der Waals surface area contributed by atoms with Crippen LogP contribution in [0.2, 0.25) is 0 Å². The Morgan fingerprint density at radius 1 is 1.33 bits per heavy atom. The number of aryl methyl sites for hydroxylation is 1. The van der Waals surface area contributed by atoms with E-state index in [0.717, 1.165) is 10.7 Å². The lowest BCUT2D eigenvalue weighted by atomic mass is 9.95. The van der Waals surface area contributed by atoms with Crippen molar-refractivity contribution >= 4 is 31.9 Å². The first kappa shape index (κ1) is 11.7. The Kier molecular flexibility index (Phi) is 3.89. The summed E-state index contributed by atoms with van der Waals surface area (Å²) in [6.45, 7) is 2.21. The van der Waals surface area contributed by atoms with Crippen molar-refractivity contribution in [2.75, 3.05) is 0 Å². The van der Waals surface area contributed by atoms with E-state index in [0.29, 0.717) is 0 Å². The number of hydrogen-bond donors (Lipinski definition) is 0. The van der Waals surface area contributed by atoms with Crippen LogP contribution in [0.5, 0.6) is 0 Å². The molecule has 0 saturated heterocycles. The van der Waals surface area contributed by atoms with Crippen LogP contribution >= 0.6 is 31.9 Å². The molecule has 15 heavy (non-hydrogen) atoms. The molecule has 0 N–H and O–H groups in total. The second-order valence-corrected chi connectivity index (χ2v) is 6.57. The molecule has 1 fully saturated rings. The maximum Gasteiger partial charge on any atom is 0.0178 e. The van der Waals surface area contributed by atoms with E-state index in [1.54, 1.807) is 0 Å². The molecule has 0 amide bonds. The zero-order valence-electron chi connectivity index (χ0n) is 8.97. The summed E-state index contributed by atoms with van der Waals surface area (Å²) in [5.74, 6) is 0.831. The van der Waals surface area contributed by atoms with Crippen LogP contribution in [0, 0.1) is 12.8 Å². The van der Waals surface area contributed by atoms with Gasteiger partial charge < -0.3 is 0 Å². The SMILES string of the molecule is Cc1ccc(Br)cc1CC1CCCC1Br. The van der Waals surface area contributed by atoms with E-state index < -0.39 is 0 Å². The van der Waals surface area contributed by atoms with E-state index in [9.17, 15) is 0 Å². The Morgan fingerprint density at radius 2 is 2.13 bits per heavy atom. The smallest absolute Gasteiger partial charge is 0.0178 e. The van der Waals surface area contributed by atoms with Gasteiger partial charge in [-0.2, -0.15) is 0 Å². The predicted octanol–water partition coefficient (Wildman–Crippen LogP) is 4.86. The Labute approximate surface area is 109 Å². The van der Waals surface area contributed by atoms with Gasteiger partial charge in [-0.1, -0.05) is 44.3 Å². The van der Waals surface area contributed by atoms with Crippen molar-refractivity contribution in [3.8, 4) is 0 Å². The van der Waals surface area contributed by atoms with Gasteiger partial charge in [-0.05, 0) is 55.4 Å². The Bertz CT molecular complexity index is 346. The van der Waals surface area contributed by atoms with Crippen molar-refractivity contribution in [3.63, 3.8) is 0 Å². The maximum atomic E-state index is 3.79. The fourth-order valence-corrected chi connectivity index (χ4v) is 3.55. The minimum Gasteiger partial charge on any atom is -0.0888 e. The highest BCUT2D eigenvalue weighted by Gasteiger charge is 2.25. The molecule has 0 spiro atoms. The molecule has 0 aliphatic heterocycles. The number of alkyl halides is 1. The average Bonchev–Trinajstić information content (AvgIpc) is 2.58. The highest BCUT2D eigenvalue weighted by Crippen LogP contribution is 2.34. The normalized spacial score (nSPS) is 25.8. The molecule has 2 unspecified atom stereocenters. The lowest BCUT2D eigenvalue weighted by Crippen LogP contribution is -2.10. The lowest BCUT2D eigenvalue weighted by Gasteiger charge is -2.15. The summed E-state index contributed by atoms with van der Waals surface area (Å²) in [5.41, 5.74) is 2.92. The molecule has 2 rings (SSSR count). The van der Waals surface area contributed by atoms with Crippen molar-refractivity contribution in [2.45, 2.75) is 37.4 Å². The first-order valence-electron chi connectivity index (χ1n) is 5.56. The third-order valence-corrected chi connectivity index (χ3v) is 5.06. The monoisotopic (exact) mass is 330 g/mol. The maximum absolute atomic E-state index is 3.79. The molecule has 1 aromatic rings. The Morgan fingerprint density at radius 3 is 2.80 bits per heavy atom. The lowest BCUT2D eigenvalue weighted by molar-refractivity contribution is 0.561. The summed E-state index contributed by atoms with van der Waals surface area (Å²) in [5, 5.41) is 0. The van der Waals surface area contributed by atoms with Crippen LogP contribution in [0.25, 0.3) is 0 Å². The van der Waals surface area contributed by atoms with Crippen molar-refractivity contribution in [2.24, 2.45) is 5.92 Å². The molecule has 82 valence electrons. The van der Waals surface area contributed by atoms with Gasteiger partial charge in [0.1, 0.15) is 0 Å². The third-order valence-electron chi connectivity index (χ3n) is 3.36. The molecule has 0 aromatic heterocycles. The molecule has 1 aliphatic rings. The molecule has 0 nitrogen and oxygen atoms in total. The zero-order valence-corrected chi connectivity index (χ0v) is 12.1. The van der Waals surface area contributed by atoms with Gasteiger partial charge in [0.15, 0.2) is 0 Å². The number of hydrogen-bond acceptors (Lipinski definition) is 0. The molecular formula is C13H16Br2. The average molecular weight is 332 g/mol. The standard InChI is InChI=1S/C13H16Br2/c1-9-5-6-12(14)8-11(9)7-10-3-2-4-13(10)15/h5-6,8,10,13H,2-4,7H2,1H3. The topological polar surface area (TPSA) is 0 Å². The second-order valence-electron chi connectivity index (χ2n) is 4.48. The molecule has 0 radical (unpaired) electrons. The summed E-state index contributed by atoms with van der Waals surface area (Å²) in [6.07, 6.45) is 5.33. The number of rotatable bonds is 2. The summed E-state index contributed by atoms with van der Waals surface area (Å²) >= 11 is 7.34. The van der Waals surface area contributed by atoms with Crippen LogP contribution in [-0.4, -0.2) is 4.83 Å². The quantitative estimate of drug-likeness (QED) is 0.678. The summed E-state index contributed by atoms with van der Waals surface area (Å²) in [6, 6.07) is 6.60. The van der Waals surface area contributed by atoms with Crippen LogP contribution < -0.4 is 0 Å². The van der Waals surface area contributed by atoms with Gasteiger partial charge in [-0.25, -0.2) is 0 Å². The molecular weight excluding hydrogens is 316 g/mol. The van der Waals surface area contributed by atoms with Gasteiger partial charge in [0.25, 0.3) is 0 Å². The van der Waals surface area contributed by atoms with Crippen LogP contribution in [0.1, 0.15) is 30.4 Å². The van der Waals surface area contributed by atoms with E-state index >= 15 is 0 Å². The number of benzene rings is 1. The van der Waals surface area contributed by atoms with E-state index in [1.807, 2.05) is 0 Å². The number of halogens is 2. The van der Waals surface area contributed by atoms with Gasteiger partial charge in [0.05, 0.1) is 0 Å². The first-order valence-corrected chi connectivity index (χ1v) is 7.27. The summed E-state index contributed by atoms with van der Waals surface area (Å²) in [7, 11) is 0. The zero-order chi connectivity index (χ0) is 10.8. The van der Waals surface area contributed by atoms with Gasteiger partial charge in [-0.3, -0.25) is 0 Å². The molecule has 0 heterocycles. The fourth-order valence-electron chi connectivity index (χ4n) is 2.36. The molecule has 1 saturated carbocycles. The molecule has 2 atom stereocenters. The van der Waals surface area contributed by atoms with E-state index in [2.05, 4.69) is 57.0 Å².